The molecule has 0 saturated carbocycles. The van der Waals surface area contributed by atoms with E-state index in [1.54, 1.807) is 16.2 Å². The Balaban J connectivity index is 1.55. The van der Waals surface area contributed by atoms with Gasteiger partial charge in [0.05, 0.1) is 15.2 Å². The molecule has 3 rings (SSSR count). The zero-order valence-electron chi connectivity index (χ0n) is 12.6. The Hall–Kier alpha value is -1.99. The molecule has 0 atom stereocenters. The fourth-order valence-corrected chi connectivity index (χ4v) is 3.71. The number of carbonyl (C=O) groups excluding carboxylic acids is 1. The van der Waals surface area contributed by atoms with Gasteiger partial charge >= 0.3 is 5.97 Å². The minimum atomic E-state index is -1.69. The maximum atomic E-state index is 12.2. The molecular weight excluding hydrogens is 316 g/mol. The number of carboxylic acid groups (broad SMARTS) is 1. The fourth-order valence-electron chi connectivity index (χ4n) is 2.74. The third kappa shape index (κ3) is 3.35. The number of rotatable bonds is 4. The minimum absolute atomic E-state index is 0.0169. The summed E-state index contributed by atoms with van der Waals surface area (Å²) in [5, 5.41) is 19.8. The van der Waals surface area contributed by atoms with Crippen molar-refractivity contribution >= 4 is 33.4 Å². The number of amides is 1. The van der Waals surface area contributed by atoms with Gasteiger partial charge in [-0.1, -0.05) is 12.1 Å². The zero-order valence-corrected chi connectivity index (χ0v) is 13.4. The van der Waals surface area contributed by atoms with Gasteiger partial charge in [0.15, 0.2) is 5.60 Å². The third-order valence-corrected chi connectivity index (χ3v) is 5.33. The van der Waals surface area contributed by atoms with E-state index in [-0.39, 0.29) is 31.8 Å². The molecule has 1 aromatic carbocycles. The Labute approximate surface area is 137 Å². The van der Waals surface area contributed by atoms with E-state index >= 15 is 0 Å². The van der Waals surface area contributed by atoms with Crippen LogP contribution in [-0.2, 0) is 16.0 Å². The average Bonchev–Trinajstić information content (AvgIpc) is 2.96. The van der Waals surface area contributed by atoms with E-state index in [1.807, 2.05) is 24.3 Å². The van der Waals surface area contributed by atoms with Crippen LogP contribution in [0.15, 0.2) is 24.3 Å². The Morgan fingerprint density at radius 2 is 1.96 bits per heavy atom. The normalized spacial score (nSPS) is 17.3. The number of carbonyl (C=O) groups is 2. The second-order valence-electron chi connectivity index (χ2n) is 5.79. The summed E-state index contributed by atoms with van der Waals surface area (Å²) < 4.78 is 1.11. The molecule has 1 saturated heterocycles. The first kappa shape index (κ1) is 15.9. The monoisotopic (exact) mass is 334 g/mol. The molecule has 1 amide bonds. The molecule has 6 nitrogen and oxygen atoms in total. The molecule has 122 valence electrons. The van der Waals surface area contributed by atoms with Crippen LogP contribution in [0, 0.1) is 0 Å². The van der Waals surface area contributed by atoms with Crippen molar-refractivity contribution in [3.05, 3.63) is 29.3 Å². The van der Waals surface area contributed by atoms with E-state index in [0.717, 1.165) is 15.2 Å². The molecule has 1 aromatic heterocycles. The van der Waals surface area contributed by atoms with Crippen molar-refractivity contribution in [3.8, 4) is 0 Å². The minimum Gasteiger partial charge on any atom is -0.479 e. The molecular formula is C16H18N2O4S. The zero-order chi connectivity index (χ0) is 16.4. The van der Waals surface area contributed by atoms with E-state index in [1.165, 1.54) is 0 Å². The summed E-state index contributed by atoms with van der Waals surface area (Å²) in [6.07, 6.45) is 1.09. The molecule has 1 fully saturated rings. The Morgan fingerprint density at radius 3 is 2.61 bits per heavy atom. The van der Waals surface area contributed by atoms with Gasteiger partial charge < -0.3 is 15.1 Å². The summed E-state index contributed by atoms with van der Waals surface area (Å²) in [6, 6.07) is 7.87. The molecule has 0 unspecified atom stereocenters. The van der Waals surface area contributed by atoms with Gasteiger partial charge in [0.25, 0.3) is 0 Å². The number of aromatic nitrogens is 1. The van der Waals surface area contributed by atoms with Crippen LogP contribution >= 0.6 is 11.3 Å². The number of nitrogens with zero attached hydrogens (tertiary/aromatic N) is 2. The quantitative estimate of drug-likeness (QED) is 0.887. The predicted octanol–water partition coefficient (Wildman–Crippen LogP) is 1.67. The first-order chi connectivity index (χ1) is 11.0. The van der Waals surface area contributed by atoms with Gasteiger partial charge in [0.2, 0.25) is 5.91 Å². The van der Waals surface area contributed by atoms with E-state index < -0.39 is 11.6 Å². The Morgan fingerprint density at radius 1 is 1.26 bits per heavy atom. The van der Waals surface area contributed by atoms with Gasteiger partial charge in [-0.2, -0.15) is 0 Å². The largest absolute Gasteiger partial charge is 0.479 e. The third-order valence-electron chi connectivity index (χ3n) is 4.23. The highest BCUT2D eigenvalue weighted by atomic mass is 32.1. The van der Waals surface area contributed by atoms with Crippen molar-refractivity contribution in [2.75, 3.05) is 13.1 Å². The van der Waals surface area contributed by atoms with Gasteiger partial charge in [-0.3, -0.25) is 4.79 Å². The van der Waals surface area contributed by atoms with Crippen molar-refractivity contribution in [1.82, 2.24) is 9.88 Å². The smallest absolute Gasteiger partial charge is 0.335 e. The number of benzene rings is 1. The van der Waals surface area contributed by atoms with Crippen LogP contribution in [0.2, 0.25) is 0 Å². The van der Waals surface area contributed by atoms with Gasteiger partial charge in [0, 0.05) is 38.8 Å². The van der Waals surface area contributed by atoms with Gasteiger partial charge in [0.1, 0.15) is 0 Å². The number of aliphatic hydroxyl groups is 1. The van der Waals surface area contributed by atoms with Crippen LogP contribution in [0.25, 0.3) is 10.2 Å². The molecule has 0 radical (unpaired) electrons. The van der Waals surface area contributed by atoms with E-state index in [2.05, 4.69) is 4.98 Å². The number of piperidine rings is 1. The Kier molecular flexibility index (Phi) is 4.32. The first-order valence-corrected chi connectivity index (χ1v) is 8.38. The molecule has 2 N–H and O–H groups in total. The second kappa shape index (κ2) is 6.25. The molecule has 2 aromatic rings. The number of aryl methyl sites for hydroxylation is 1. The van der Waals surface area contributed by atoms with Crippen molar-refractivity contribution in [1.29, 1.82) is 0 Å². The molecule has 0 bridgehead atoms. The van der Waals surface area contributed by atoms with Crippen LogP contribution in [0.1, 0.15) is 24.3 Å². The molecule has 0 spiro atoms. The topological polar surface area (TPSA) is 90.7 Å². The lowest BCUT2D eigenvalue weighted by Gasteiger charge is -2.35. The lowest BCUT2D eigenvalue weighted by molar-refractivity contribution is -0.165. The highest BCUT2D eigenvalue weighted by Gasteiger charge is 2.40. The summed E-state index contributed by atoms with van der Waals surface area (Å²) in [5.41, 5.74) is -0.742. The molecule has 1 aliphatic rings. The number of thiazole rings is 1. The van der Waals surface area contributed by atoms with Gasteiger partial charge in [-0.05, 0) is 12.1 Å². The van der Waals surface area contributed by atoms with E-state index in [9.17, 15) is 14.7 Å². The number of carboxylic acids is 1. The number of fused-ring (bicyclic) bond motifs is 1. The molecule has 0 aliphatic carbocycles. The maximum Gasteiger partial charge on any atom is 0.335 e. The fraction of sp³-hybridized carbons (Fsp3) is 0.438. The van der Waals surface area contributed by atoms with Crippen LogP contribution in [0.4, 0.5) is 0 Å². The van der Waals surface area contributed by atoms with E-state index in [4.69, 9.17) is 5.11 Å². The SMILES string of the molecule is O=C(CCc1nc2ccccc2s1)N1CCC(O)(C(=O)O)CC1. The van der Waals surface area contributed by atoms with Crippen molar-refractivity contribution < 1.29 is 19.8 Å². The standard InChI is InChI=1S/C16H18N2O4S/c19-14(18-9-7-16(22,8-10-18)15(20)21)6-5-13-17-11-3-1-2-4-12(11)23-13/h1-4,22H,5-10H2,(H,20,21). The molecule has 23 heavy (non-hydrogen) atoms. The second-order valence-corrected chi connectivity index (χ2v) is 6.91. The maximum absolute atomic E-state index is 12.2. The molecule has 1 aliphatic heterocycles. The van der Waals surface area contributed by atoms with Crippen LogP contribution in [0.5, 0.6) is 0 Å². The van der Waals surface area contributed by atoms with Gasteiger partial charge in [-0.15, -0.1) is 11.3 Å². The molecule has 2 heterocycles. The highest BCUT2D eigenvalue weighted by Crippen LogP contribution is 2.25. The predicted molar refractivity (Wildman–Crippen MR) is 86.3 cm³/mol. The number of para-hydroxylation sites is 1. The highest BCUT2D eigenvalue weighted by molar-refractivity contribution is 7.18. The number of hydrogen-bond acceptors (Lipinski definition) is 5. The number of aliphatic carboxylic acids is 1. The summed E-state index contributed by atoms with van der Waals surface area (Å²) in [7, 11) is 0. The molecule has 7 heteroatoms. The average molecular weight is 334 g/mol. The summed E-state index contributed by atoms with van der Waals surface area (Å²) in [4.78, 5) is 29.4. The lowest BCUT2D eigenvalue weighted by Crippen LogP contribution is -2.50. The summed E-state index contributed by atoms with van der Waals surface area (Å²) in [5.74, 6) is -1.23. The first-order valence-electron chi connectivity index (χ1n) is 7.56. The summed E-state index contributed by atoms with van der Waals surface area (Å²) in [6.45, 7) is 0.558. The number of hydrogen-bond donors (Lipinski definition) is 2. The van der Waals surface area contributed by atoms with Gasteiger partial charge in [-0.25, -0.2) is 9.78 Å². The lowest BCUT2D eigenvalue weighted by atomic mass is 9.91. The van der Waals surface area contributed by atoms with Crippen LogP contribution < -0.4 is 0 Å². The van der Waals surface area contributed by atoms with Crippen LogP contribution in [-0.4, -0.2) is 50.7 Å². The van der Waals surface area contributed by atoms with Crippen molar-refractivity contribution in [2.24, 2.45) is 0 Å². The van der Waals surface area contributed by atoms with Crippen molar-refractivity contribution in [3.63, 3.8) is 0 Å². The van der Waals surface area contributed by atoms with E-state index in [0.29, 0.717) is 12.8 Å². The summed E-state index contributed by atoms with van der Waals surface area (Å²) >= 11 is 1.59. The van der Waals surface area contributed by atoms with Crippen molar-refractivity contribution in [2.45, 2.75) is 31.3 Å². The Bertz CT molecular complexity index is 702. The van der Waals surface area contributed by atoms with Crippen LogP contribution in [0.3, 0.4) is 0 Å². The number of likely N-dealkylation sites (tertiary alicyclic amines) is 1.